The first kappa shape index (κ1) is 16.8. The summed E-state index contributed by atoms with van der Waals surface area (Å²) in [6.07, 6.45) is 1.16. The van der Waals surface area contributed by atoms with Gasteiger partial charge < -0.3 is 5.73 Å². The van der Waals surface area contributed by atoms with Gasteiger partial charge in [0.05, 0.1) is 4.92 Å². The second-order valence-electron chi connectivity index (χ2n) is 5.48. The molecule has 0 amide bonds. The summed E-state index contributed by atoms with van der Waals surface area (Å²) in [5.41, 5.74) is 4.88. The average molecular weight is 331 g/mol. The number of hydrogen-bond acceptors (Lipinski definition) is 5. The van der Waals surface area contributed by atoms with E-state index in [1.54, 1.807) is 0 Å². The second kappa shape index (κ2) is 6.27. The molecule has 0 saturated carbocycles. The molecule has 7 nitrogen and oxygen atoms in total. The molecule has 0 spiro atoms. The van der Waals surface area contributed by atoms with Crippen LogP contribution in [0.1, 0.15) is 19.8 Å². The van der Waals surface area contributed by atoms with Crippen LogP contribution in [0.4, 0.5) is 10.1 Å². The number of nitro benzene ring substituents is 1. The molecule has 1 aliphatic heterocycles. The molecule has 1 aromatic rings. The molecule has 22 heavy (non-hydrogen) atoms. The van der Waals surface area contributed by atoms with Gasteiger partial charge in [0.15, 0.2) is 4.90 Å². The summed E-state index contributed by atoms with van der Waals surface area (Å²) in [4.78, 5) is 9.27. The quantitative estimate of drug-likeness (QED) is 0.664. The maximum Gasteiger partial charge on any atom is 0.292 e. The maximum atomic E-state index is 14.0. The molecule has 0 radical (unpaired) electrons. The number of sulfonamides is 1. The molecule has 2 N–H and O–H groups in total. The maximum absolute atomic E-state index is 14.0. The summed E-state index contributed by atoms with van der Waals surface area (Å²) in [5, 5.41) is 11.0. The fraction of sp³-hybridized carbons (Fsp3) is 0.538. The highest BCUT2D eigenvalue weighted by Gasteiger charge is 2.40. The SMILES string of the molecule is CC1CCN(S(=O)(=O)c2c(F)cccc2[N+](=O)[O-])C(CN)C1. The van der Waals surface area contributed by atoms with Gasteiger partial charge in [0, 0.05) is 25.2 Å². The summed E-state index contributed by atoms with van der Waals surface area (Å²) in [6, 6.07) is 2.53. The van der Waals surface area contributed by atoms with Crippen LogP contribution in [-0.2, 0) is 10.0 Å². The topological polar surface area (TPSA) is 107 Å². The van der Waals surface area contributed by atoms with E-state index >= 15 is 0 Å². The second-order valence-corrected chi connectivity index (χ2v) is 7.31. The Morgan fingerprint density at radius 2 is 2.18 bits per heavy atom. The van der Waals surface area contributed by atoms with Crippen molar-refractivity contribution >= 4 is 15.7 Å². The predicted octanol–water partition coefficient (Wildman–Crippen LogP) is 1.48. The Balaban J connectivity index is 2.53. The van der Waals surface area contributed by atoms with Crippen molar-refractivity contribution in [3.8, 4) is 0 Å². The molecular formula is C13H18FN3O4S. The summed E-state index contributed by atoms with van der Waals surface area (Å²) in [7, 11) is -4.32. The van der Waals surface area contributed by atoms with Crippen molar-refractivity contribution < 1.29 is 17.7 Å². The van der Waals surface area contributed by atoms with Gasteiger partial charge in [-0.05, 0) is 24.8 Å². The molecule has 0 aliphatic carbocycles. The van der Waals surface area contributed by atoms with Crippen LogP contribution in [0.5, 0.6) is 0 Å². The molecule has 1 aliphatic rings. The van der Waals surface area contributed by atoms with Crippen LogP contribution in [0.2, 0.25) is 0 Å². The number of benzene rings is 1. The van der Waals surface area contributed by atoms with E-state index in [-0.39, 0.29) is 13.1 Å². The van der Waals surface area contributed by atoms with Crippen LogP contribution >= 0.6 is 0 Å². The van der Waals surface area contributed by atoms with Crippen molar-refractivity contribution in [3.63, 3.8) is 0 Å². The van der Waals surface area contributed by atoms with Gasteiger partial charge >= 0.3 is 0 Å². The summed E-state index contributed by atoms with van der Waals surface area (Å²) in [5.74, 6) is -0.820. The van der Waals surface area contributed by atoms with Gasteiger partial charge in [-0.25, -0.2) is 12.8 Å². The van der Waals surface area contributed by atoms with Gasteiger partial charge in [0.25, 0.3) is 15.7 Å². The Morgan fingerprint density at radius 1 is 1.50 bits per heavy atom. The minimum atomic E-state index is -4.32. The van der Waals surface area contributed by atoms with E-state index in [0.717, 1.165) is 22.5 Å². The number of nitrogens with two attached hydrogens (primary N) is 1. The van der Waals surface area contributed by atoms with E-state index in [9.17, 15) is 22.9 Å². The van der Waals surface area contributed by atoms with E-state index in [1.165, 1.54) is 0 Å². The third kappa shape index (κ3) is 2.96. The van der Waals surface area contributed by atoms with Crippen LogP contribution < -0.4 is 5.73 Å². The zero-order valence-corrected chi connectivity index (χ0v) is 12.9. The van der Waals surface area contributed by atoms with Gasteiger partial charge in [-0.1, -0.05) is 13.0 Å². The van der Waals surface area contributed by atoms with Gasteiger partial charge in [-0.3, -0.25) is 10.1 Å². The molecule has 9 heteroatoms. The van der Waals surface area contributed by atoms with Crippen molar-refractivity contribution in [2.24, 2.45) is 11.7 Å². The Hall–Kier alpha value is -1.58. The first-order valence-corrected chi connectivity index (χ1v) is 8.37. The highest BCUT2D eigenvalue weighted by Crippen LogP contribution is 2.33. The van der Waals surface area contributed by atoms with E-state index in [1.807, 2.05) is 6.92 Å². The molecule has 2 unspecified atom stereocenters. The Kier molecular flexibility index (Phi) is 4.78. The third-order valence-electron chi connectivity index (χ3n) is 3.91. The zero-order valence-electron chi connectivity index (χ0n) is 12.1. The lowest BCUT2D eigenvalue weighted by Gasteiger charge is -2.36. The number of nitrogens with zero attached hydrogens (tertiary/aromatic N) is 2. The minimum absolute atomic E-state index is 0.0891. The largest absolute Gasteiger partial charge is 0.329 e. The molecule has 1 heterocycles. The standard InChI is InChI=1S/C13H18FN3O4S/c1-9-5-6-16(10(7-9)8-15)22(20,21)13-11(14)3-2-4-12(13)17(18)19/h2-4,9-10H,5-8,15H2,1H3. The first-order valence-electron chi connectivity index (χ1n) is 6.93. The van der Waals surface area contributed by atoms with Crippen molar-refractivity contribution in [2.45, 2.75) is 30.7 Å². The van der Waals surface area contributed by atoms with Gasteiger partial charge in [-0.2, -0.15) is 4.31 Å². The van der Waals surface area contributed by atoms with Crippen LogP contribution in [0.25, 0.3) is 0 Å². The number of piperidine rings is 1. The van der Waals surface area contributed by atoms with Crippen LogP contribution in [0.15, 0.2) is 23.1 Å². The monoisotopic (exact) mass is 331 g/mol. The van der Waals surface area contributed by atoms with Crippen LogP contribution in [-0.4, -0.2) is 36.8 Å². The summed E-state index contributed by atoms with van der Waals surface area (Å²) >= 11 is 0. The van der Waals surface area contributed by atoms with E-state index < -0.39 is 37.4 Å². The minimum Gasteiger partial charge on any atom is -0.329 e. The molecular weight excluding hydrogens is 313 g/mol. The van der Waals surface area contributed by atoms with Crippen LogP contribution in [0.3, 0.4) is 0 Å². The molecule has 2 rings (SSSR count). The normalized spacial score (nSPS) is 23.4. The van der Waals surface area contributed by atoms with Crippen molar-refractivity contribution in [1.82, 2.24) is 4.31 Å². The highest BCUT2D eigenvalue weighted by molar-refractivity contribution is 7.89. The fourth-order valence-electron chi connectivity index (χ4n) is 2.77. The zero-order chi connectivity index (χ0) is 16.5. The summed E-state index contributed by atoms with van der Waals surface area (Å²) < 4.78 is 40.6. The number of nitro groups is 1. The van der Waals surface area contributed by atoms with Crippen molar-refractivity contribution in [1.29, 1.82) is 0 Å². The lowest BCUT2D eigenvalue weighted by atomic mass is 9.94. The average Bonchev–Trinajstić information content (AvgIpc) is 2.46. The third-order valence-corrected chi connectivity index (χ3v) is 5.92. The van der Waals surface area contributed by atoms with Gasteiger partial charge in [0.1, 0.15) is 5.82 Å². The van der Waals surface area contributed by atoms with Gasteiger partial charge in [-0.15, -0.1) is 0 Å². The Labute approximate surface area is 128 Å². The predicted molar refractivity (Wildman–Crippen MR) is 78.2 cm³/mol. The Bertz CT molecular complexity index is 680. The molecule has 1 saturated heterocycles. The van der Waals surface area contributed by atoms with E-state index in [4.69, 9.17) is 5.73 Å². The molecule has 1 fully saturated rings. The summed E-state index contributed by atoms with van der Waals surface area (Å²) in [6.45, 7) is 2.25. The van der Waals surface area contributed by atoms with Gasteiger partial charge in [0.2, 0.25) is 0 Å². The van der Waals surface area contributed by atoms with E-state index in [0.29, 0.717) is 18.8 Å². The first-order chi connectivity index (χ1) is 10.3. The molecule has 122 valence electrons. The molecule has 0 aromatic heterocycles. The van der Waals surface area contributed by atoms with Crippen LogP contribution in [0, 0.1) is 21.8 Å². The Morgan fingerprint density at radius 3 is 2.77 bits per heavy atom. The number of hydrogen-bond donors (Lipinski definition) is 1. The van der Waals surface area contributed by atoms with Crippen molar-refractivity contribution in [3.05, 3.63) is 34.1 Å². The molecule has 1 aromatic carbocycles. The molecule has 2 atom stereocenters. The lowest BCUT2D eigenvalue weighted by molar-refractivity contribution is -0.388. The highest BCUT2D eigenvalue weighted by atomic mass is 32.2. The fourth-order valence-corrected chi connectivity index (χ4v) is 4.64. The molecule has 0 bridgehead atoms. The lowest BCUT2D eigenvalue weighted by Crippen LogP contribution is -2.49. The van der Waals surface area contributed by atoms with Crippen molar-refractivity contribution in [2.75, 3.05) is 13.1 Å². The number of rotatable bonds is 4. The smallest absolute Gasteiger partial charge is 0.292 e. The van der Waals surface area contributed by atoms with E-state index in [2.05, 4.69) is 0 Å². The number of halogens is 1.